The number of benzene rings is 2. The van der Waals surface area contributed by atoms with Crippen molar-refractivity contribution in [3.05, 3.63) is 101 Å². The molecule has 1 atom stereocenters. The molecule has 4 aromatic rings. The van der Waals surface area contributed by atoms with Crippen molar-refractivity contribution < 1.29 is 37.4 Å². The Morgan fingerprint density at radius 1 is 1.06 bits per heavy atom. The van der Waals surface area contributed by atoms with Crippen molar-refractivity contribution in [1.29, 1.82) is 0 Å². The minimum absolute atomic E-state index is 0.0169. The number of aromatic nitrogens is 1. The number of anilines is 2. The summed E-state index contributed by atoms with van der Waals surface area (Å²) in [5.41, 5.74) is 5.97. The average molecular weight is 698 g/mol. The van der Waals surface area contributed by atoms with Gasteiger partial charge in [0.25, 0.3) is 5.91 Å². The second-order valence-corrected chi connectivity index (χ2v) is 15.0. The van der Waals surface area contributed by atoms with Gasteiger partial charge in [-0.25, -0.2) is 22.6 Å². The number of nitrogens with one attached hydrogen (secondary N) is 2. The van der Waals surface area contributed by atoms with E-state index in [9.17, 15) is 33.0 Å². The molecule has 12 nitrogen and oxygen atoms in total. The molecular weight excluding hydrogens is 662 g/mol. The van der Waals surface area contributed by atoms with Crippen molar-refractivity contribution in [3.8, 4) is 10.4 Å². The van der Waals surface area contributed by atoms with Crippen molar-refractivity contribution in [3.63, 3.8) is 0 Å². The molecule has 0 radical (unpaired) electrons. The first-order chi connectivity index (χ1) is 22.5. The molecule has 0 aliphatic carbocycles. The molecule has 0 fully saturated rings. The lowest BCUT2D eigenvalue weighted by molar-refractivity contribution is -0.126. The summed E-state index contributed by atoms with van der Waals surface area (Å²) < 4.78 is 38.3. The number of thiophene rings is 1. The molecule has 6 N–H and O–H groups in total. The van der Waals surface area contributed by atoms with Gasteiger partial charge in [0.05, 0.1) is 29.2 Å². The minimum Gasteiger partial charge on any atom is -0.465 e. The van der Waals surface area contributed by atoms with Crippen molar-refractivity contribution in [2.24, 2.45) is 5.73 Å². The first-order valence-electron chi connectivity index (χ1n) is 14.7. The minimum atomic E-state index is -3.37. The van der Waals surface area contributed by atoms with E-state index >= 15 is 4.39 Å². The maximum Gasteiger partial charge on any atom is 0.408 e. The molecule has 48 heavy (non-hydrogen) atoms. The highest BCUT2D eigenvalue weighted by molar-refractivity contribution is 7.90. The summed E-state index contributed by atoms with van der Waals surface area (Å²) in [6.45, 7) is 2.58. The number of hydrogen-bond acceptors (Lipinski definition) is 9. The van der Waals surface area contributed by atoms with Gasteiger partial charge in [-0.05, 0) is 49.2 Å². The summed E-state index contributed by atoms with van der Waals surface area (Å²) in [7, 11) is -3.37. The number of nitrogens with two attached hydrogens (primary N) is 1. The second kappa shape index (κ2) is 14.9. The first kappa shape index (κ1) is 36.0. The summed E-state index contributed by atoms with van der Waals surface area (Å²) in [4.78, 5) is 43.9. The average Bonchev–Trinajstić information content (AvgIpc) is 3.42. The predicted molar refractivity (Wildman–Crippen MR) is 181 cm³/mol. The van der Waals surface area contributed by atoms with Crippen molar-refractivity contribution >= 4 is 49.9 Å². The molecule has 4 rings (SSSR count). The molecule has 254 valence electrons. The monoisotopic (exact) mass is 697 g/mol. The van der Waals surface area contributed by atoms with Gasteiger partial charge in [0.15, 0.2) is 0 Å². The molecule has 0 saturated carbocycles. The van der Waals surface area contributed by atoms with Crippen LogP contribution >= 0.6 is 11.3 Å². The number of hydrogen-bond donors (Lipinski definition) is 5. The summed E-state index contributed by atoms with van der Waals surface area (Å²) in [6, 6.07) is 18.1. The van der Waals surface area contributed by atoms with Crippen molar-refractivity contribution in [2.45, 2.75) is 38.5 Å². The van der Waals surface area contributed by atoms with Crippen LogP contribution in [0.25, 0.3) is 10.4 Å². The standard InChI is InChI=1S/C33H36FN5O7S2/c1-33(2,44)21-12-13-23(25(34)17-21)27-18-24(29(35)40)31(47-27)38-28-11-7-10-22(37-28)19-39(32(42)43)26(16-20-8-5-4-6-9-20)30(41)36-14-15-48(3,45)46/h4-13,17-18,26,44H,14-16,19H2,1-3H3,(H2,35,40)(H,36,41)(H,37,38)(H,42,43). The van der Waals surface area contributed by atoms with Gasteiger partial charge in [-0.2, -0.15) is 0 Å². The van der Waals surface area contributed by atoms with Gasteiger partial charge in [0.2, 0.25) is 5.91 Å². The quantitative estimate of drug-likeness (QED) is 0.128. The number of carbonyl (C=O) groups is 3. The van der Waals surface area contributed by atoms with Gasteiger partial charge >= 0.3 is 6.09 Å². The third-order valence-corrected chi connectivity index (χ3v) is 9.32. The number of carbonyl (C=O) groups excluding carboxylic acids is 2. The van der Waals surface area contributed by atoms with Crippen LogP contribution in [0.3, 0.4) is 0 Å². The molecule has 15 heteroatoms. The Balaban J connectivity index is 1.60. The van der Waals surface area contributed by atoms with Crippen LogP contribution in [0.4, 0.5) is 20.0 Å². The maximum atomic E-state index is 15.1. The zero-order valence-electron chi connectivity index (χ0n) is 26.4. The van der Waals surface area contributed by atoms with Gasteiger partial charge < -0.3 is 26.6 Å². The number of aliphatic hydroxyl groups is 1. The fraction of sp³-hybridized carbons (Fsp3) is 0.273. The second-order valence-electron chi connectivity index (χ2n) is 11.6. The zero-order chi connectivity index (χ0) is 35.2. The Morgan fingerprint density at radius 3 is 2.38 bits per heavy atom. The van der Waals surface area contributed by atoms with E-state index in [0.29, 0.717) is 16.0 Å². The van der Waals surface area contributed by atoms with E-state index in [0.717, 1.165) is 22.5 Å². The number of primary amides is 1. The molecule has 0 aliphatic rings. The van der Waals surface area contributed by atoms with Crippen LogP contribution in [-0.4, -0.2) is 71.0 Å². The summed E-state index contributed by atoms with van der Waals surface area (Å²) in [5.74, 6) is -2.12. The first-order valence-corrected chi connectivity index (χ1v) is 17.6. The number of carboxylic acid groups (broad SMARTS) is 1. The molecule has 3 amide bonds. The number of sulfone groups is 1. The summed E-state index contributed by atoms with van der Waals surface area (Å²) in [5, 5.41) is 26.3. The van der Waals surface area contributed by atoms with Gasteiger partial charge in [-0.15, -0.1) is 11.3 Å². The van der Waals surface area contributed by atoms with Crippen molar-refractivity contribution in [1.82, 2.24) is 15.2 Å². The summed E-state index contributed by atoms with van der Waals surface area (Å²) >= 11 is 1.05. The van der Waals surface area contributed by atoms with Crippen LogP contribution in [0.5, 0.6) is 0 Å². The number of halogens is 1. The van der Waals surface area contributed by atoms with Crippen LogP contribution in [-0.2, 0) is 33.2 Å². The van der Waals surface area contributed by atoms with Crippen LogP contribution in [0.15, 0.2) is 72.8 Å². The van der Waals surface area contributed by atoms with E-state index in [2.05, 4.69) is 15.6 Å². The number of rotatable bonds is 14. The van der Waals surface area contributed by atoms with E-state index in [1.54, 1.807) is 54.6 Å². The lowest BCUT2D eigenvalue weighted by atomic mass is 9.96. The van der Waals surface area contributed by atoms with Crippen LogP contribution < -0.4 is 16.4 Å². The molecule has 2 aromatic carbocycles. The van der Waals surface area contributed by atoms with Crippen LogP contribution in [0.2, 0.25) is 0 Å². The van der Waals surface area contributed by atoms with Gasteiger partial charge in [-0.3, -0.25) is 14.5 Å². The Hall–Kier alpha value is -4.86. The largest absolute Gasteiger partial charge is 0.465 e. The molecule has 2 heterocycles. The highest BCUT2D eigenvalue weighted by Gasteiger charge is 2.31. The lowest BCUT2D eigenvalue weighted by Crippen LogP contribution is -2.50. The van der Waals surface area contributed by atoms with E-state index in [-0.39, 0.29) is 52.9 Å². The smallest absolute Gasteiger partial charge is 0.408 e. The van der Waals surface area contributed by atoms with E-state index < -0.39 is 45.2 Å². The molecule has 1 unspecified atom stereocenters. The van der Waals surface area contributed by atoms with Gasteiger partial charge in [-0.1, -0.05) is 48.5 Å². The summed E-state index contributed by atoms with van der Waals surface area (Å²) in [6.07, 6.45) is -0.344. The maximum absolute atomic E-state index is 15.1. The lowest BCUT2D eigenvalue weighted by Gasteiger charge is -2.28. The zero-order valence-corrected chi connectivity index (χ0v) is 28.1. The molecule has 0 spiro atoms. The molecule has 2 aromatic heterocycles. The third kappa shape index (κ3) is 9.59. The highest BCUT2D eigenvalue weighted by atomic mass is 32.2. The Kier molecular flexibility index (Phi) is 11.2. The highest BCUT2D eigenvalue weighted by Crippen LogP contribution is 2.38. The van der Waals surface area contributed by atoms with Gasteiger partial charge in [0.1, 0.15) is 32.5 Å². The van der Waals surface area contributed by atoms with Crippen LogP contribution in [0.1, 0.15) is 41.0 Å². The normalized spacial score (nSPS) is 12.3. The van der Waals surface area contributed by atoms with Gasteiger partial charge in [0, 0.05) is 29.7 Å². The number of amides is 3. The fourth-order valence-corrected chi connectivity index (χ4v) is 6.36. The Bertz CT molecular complexity index is 1910. The Morgan fingerprint density at radius 2 is 1.77 bits per heavy atom. The van der Waals surface area contributed by atoms with E-state index in [4.69, 9.17) is 5.73 Å². The van der Waals surface area contributed by atoms with Crippen molar-refractivity contribution in [2.75, 3.05) is 23.9 Å². The van der Waals surface area contributed by atoms with Crippen LogP contribution in [0, 0.1) is 5.82 Å². The topological polar surface area (TPSA) is 192 Å². The molecule has 0 bridgehead atoms. The Labute approximate surface area is 281 Å². The third-order valence-electron chi connectivity index (χ3n) is 7.29. The fourth-order valence-electron chi connectivity index (χ4n) is 4.79. The SMILES string of the molecule is CC(C)(O)c1ccc(-c2cc(C(N)=O)c(Nc3cccc(CN(C(=O)O)C(Cc4ccccc4)C(=O)NCCS(C)(=O)=O)n3)s2)c(F)c1. The number of pyridine rings is 1. The number of nitrogens with zero attached hydrogens (tertiary/aromatic N) is 2. The molecule has 0 saturated heterocycles. The predicted octanol–water partition coefficient (Wildman–Crippen LogP) is 4.27. The molecular formula is C33H36FN5O7S2. The molecule has 0 aliphatic heterocycles. The van der Waals surface area contributed by atoms with E-state index in [1.165, 1.54) is 32.0 Å². The van der Waals surface area contributed by atoms with E-state index in [1.807, 2.05) is 0 Å².